The fourth-order valence-corrected chi connectivity index (χ4v) is 1.61. The van der Waals surface area contributed by atoms with Gasteiger partial charge in [0.2, 0.25) is 5.89 Å². The molecule has 0 amide bonds. The summed E-state index contributed by atoms with van der Waals surface area (Å²) >= 11 is 1.63. The van der Waals surface area contributed by atoms with E-state index in [1.807, 2.05) is 17.5 Å². The Morgan fingerprint density at radius 3 is 2.92 bits per heavy atom. The molecule has 0 spiro atoms. The number of thiophene rings is 1. The van der Waals surface area contributed by atoms with E-state index in [1.165, 1.54) is 0 Å². The third kappa shape index (κ3) is 2.09. The smallest absolute Gasteiger partial charge is 0.208 e. The number of oxazole rings is 1. The topological polar surface area (TPSA) is 52.0 Å². The number of hydrogen-bond acceptors (Lipinski definition) is 4. The van der Waals surface area contributed by atoms with E-state index in [0.29, 0.717) is 12.4 Å². The Kier molecular flexibility index (Phi) is 3.48. The Balaban J connectivity index is 0.000000845. The zero-order chi connectivity index (χ0) is 8.39. The van der Waals surface area contributed by atoms with Crippen LogP contribution in [-0.4, -0.2) is 4.98 Å². The highest BCUT2D eigenvalue weighted by atomic mass is 35.5. The van der Waals surface area contributed by atoms with Crippen LogP contribution in [0.15, 0.2) is 28.1 Å². The van der Waals surface area contributed by atoms with Crippen LogP contribution in [0, 0.1) is 0 Å². The fourth-order valence-electron chi connectivity index (χ4n) is 0.937. The second-order valence-corrected chi connectivity index (χ2v) is 3.25. The molecule has 2 aromatic heterocycles. The number of hydrogen-bond donors (Lipinski definition) is 1. The Morgan fingerprint density at radius 1 is 1.54 bits per heavy atom. The Labute approximate surface area is 86.0 Å². The monoisotopic (exact) mass is 216 g/mol. The predicted octanol–water partition coefficient (Wildman–Crippen LogP) is 2.28. The van der Waals surface area contributed by atoms with Crippen LogP contribution < -0.4 is 5.73 Å². The zero-order valence-corrected chi connectivity index (χ0v) is 8.40. The van der Waals surface area contributed by atoms with Crippen LogP contribution in [0.1, 0.15) is 5.89 Å². The fraction of sp³-hybridized carbons (Fsp3) is 0.125. The minimum atomic E-state index is 0. The summed E-state index contributed by atoms with van der Waals surface area (Å²) < 4.78 is 5.35. The van der Waals surface area contributed by atoms with Crippen molar-refractivity contribution in [2.75, 3.05) is 0 Å². The van der Waals surface area contributed by atoms with Gasteiger partial charge in [-0.3, -0.25) is 0 Å². The lowest BCUT2D eigenvalue weighted by Crippen LogP contribution is -1.94. The number of halogens is 1. The molecule has 2 rings (SSSR count). The van der Waals surface area contributed by atoms with Crippen molar-refractivity contribution >= 4 is 23.7 Å². The first kappa shape index (κ1) is 10.2. The van der Waals surface area contributed by atoms with Gasteiger partial charge in [-0.1, -0.05) is 6.07 Å². The van der Waals surface area contributed by atoms with Gasteiger partial charge in [-0.2, -0.15) is 0 Å². The van der Waals surface area contributed by atoms with Crippen molar-refractivity contribution in [1.82, 2.24) is 4.98 Å². The van der Waals surface area contributed by atoms with Crippen molar-refractivity contribution in [1.29, 1.82) is 0 Å². The maximum Gasteiger partial charge on any atom is 0.208 e. The van der Waals surface area contributed by atoms with E-state index in [4.69, 9.17) is 10.2 Å². The summed E-state index contributed by atoms with van der Waals surface area (Å²) in [6.45, 7) is 0.353. The van der Waals surface area contributed by atoms with Gasteiger partial charge in [-0.15, -0.1) is 23.7 Å². The molecule has 0 aliphatic carbocycles. The average molecular weight is 217 g/mol. The van der Waals surface area contributed by atoms with Crippen molar-refractivity contribution < 1.29 is 4.42 Å². The van der Waals surface area contributed by atoms with E-state index in [2.05, 4.69) is 4.98 Å². The van der Waals surface area contributed by atoms with Gasteiger partial charge in [0, 0.05) is 0 Å². The highest BCUT2D eigenvalue weighted by Crippen LogP contribution is 2.24. The average Bonchev–Trinajstić information content (AvgIpc) is 2.75. The highest BCUT2D eigenvalue weighted by Gasteiger charge is 2.04. The molecule has 0 aliphatic heterocycles. The molecule has 0 atom stereocenters. The van der Waals surface area contributed by atoms with Gasteiger partial charge in [-0.05, 0) is 11.4 Å². The molecular formula is C8H9ClN2OS. The van der Waals surface area contributed by atoms with Crippen LogP contribution in [0.2, 0.25) is 0 Å². The summed E-state index contributed by atoms with van der Waals surface area (Å²) in [5.41, 5.74) is 5.36. The number of nitrogens with two attached hydrogens (primary N) is 1. The first-order chi connectivity index (χ1) is 5.90. The third-order valence-electron chi connectivity index (χ3n) is 1.49. The summed E-state index contributed by atoms with van der Waals surface area (Å²) in [6, 6.07) is 3.97. The lowest BCUT2D eigenvalue weighted by Gasteiger charge is -1.87. The lowest BCUT2D eigenvalue weighted by atomic mass is 10.4. The molecule has 0 unspecified atom stereocenters. The Morgan fingerprint density at radius 2 is 2.38 bits per heavy atom. The standard InChI is InChI=1S/C8H8N2OS.ClH/c9-4-8-10-5-6(11-8)7-2-1-3-12-7;/h1-3,5H,4,9H2;1H. The minimum Gasteiger partial charge on any atom is -0.438 e. The van der Waals surface area contributed by atoms with E-state index in [1.54, 1.807) is 17.5 Å². The maximum absolute atomic E-state index is 5.36. The molecule has 2 aromatic rings. The second kappa shape index (κ2) is 4.41. The summed E-state index contributed by atoms with van der Waals surface area (Å²) in [5.74, 6) is 1.38. The van der Waals surface area contributed by atoms with Crippen LogP contribution >= 0.6 is 23.7 Å². The normalized spacial score (nSPS) is 9.62. The van der Waals surface area contributed by atoms with Crippen LogP contribution in [0.5, 0.6) is 0 Å². The highest BCUT2D eigenvalue weighted by molar-refractivity contribution is 7.13. The molecule has 0 bridgehead atoms. The maximum atomic E-state index is 5.36. The Bertz CT molecular complexity index is 358. The molecule has 13 heavy (non-hydrogen) atoms. The summed E-state index contributed by atoms with van der Waals surface area (Å²) in [4.78, 5) is 5.09. The van der Waals surface area contributed by atoms with Crippen molar-refractivity contribution in [2.24, 2.45) is 5.73 Å². The predicted molar refractivity (Wildman–Crippen MR) is 55.0 cm³/mol. The molecule has 5 heteroatoms. The lowest BCUT2D eigenvalue weighted by molar-refractivity contribution is 0.510. The van der Waals surface area contributed by atoms with E-state index >= 15 is 0 Å². The molecule has 3 nitrogen and oxygen atoms in total. The summed E-state index contributed by atoms with van der Waals surface area (Å²) in [7, 11) is 0. The second-order valence-electron chi connectivity index (χ2n) is 2.30. The quantitative estimate of drug-likeness (QED) is 0.838. The first-order valence-electron chi connectivity index (χ1n) is 3.59. The molecule has 70 valence electrons. The van der Waals surface area contributed by atoms with E-state index < -0.39 is 0 Å². The van der Waals surface area contributed by atoms with Gasteiger partial charge in [0.1, 0.15) is 0 Å². The van der Waals surface area contributed by atoms with Gasteiger partial charge in [-0.25, -0.2) is 4.98 Å². The molecule has 2 heterocycles. The molecule has 0 saturated carbocycles. The third-order valence-corrected chi connectivity index (χ3v) is 2.38. The van der Waals surface area contributed by atoms with Gasteiger partial charge < -0.3 is 10.2 Å². The van der Waals surface area contributed by atoms with Crippen LogP contribution in [0.25, 0.3) is 10.6 Å². The SMILES string of the molecule is Cl.NCc1ncc(-c2cccs2)o1. The largest absolute Gasteiger partial charge is 0.438 e. The van der Waals surface area contributed by atoms with Crippen molar-refractivity contribution in [3.05, 3.63) is 29.6 Å². The molecular weight excluding hydrogens is 208 g/mol. The number of nitrogens with zero attached hydrogens (tertiary/aromatic N) is 1. The van der Waals surface area contributed by atoms with Gasteiger partial charge in [0.15, 0.2) is 5.76 Å². The molecule has 0 aliphatic rings. The molecule has 0 fully saturated rings. The molecule has 0 saturated heterocycles. The zero-order valence-electron chi connectivity index (χ0n) is 6.77. The summed E-state index contributed by atoms with van der Waals surface area (Å²) in [5, 5.41) is 2.00. The van der Waals surface area contributed by atoms with Gasteiger partial charge in [0.05, 0.1) is 17.6 Å². The van der Waals surface area contributed by atoms with Gasteiger partial charge in [0.25, 0.3) is 0 Å². The van der Waals surface area contributed by atoms with Crippen molar-refractivity contribution in [3.63, 3.8) is 0 Å². The van der Waals surface area contributed by atoms with Crippen molar-refractivity contribution in [2.45, 2.75) is 6.54 Å². The summed E-state index contributed by atoms with van der Waals surface area (Å²) in [6.07, 6.45) is 1.70. The van der Waals surface area contributed by atoms with Gasteiger partial charge >= 0.3 is 0 Å². The van der Waals surface area contributed by atoms with Crippen LogP contribution in [0.4, 0.5) is 0 Å². The van der Waals surface area contributed by atoms with E-state index in [9.17, 15) is 0 Å². The van der Waals surface area contributed by atoms with E-state index in [0.717, 1.165) is 10.6 Å². The van der Waals surface area contributed by atoms with Crippen LogP contribution in [0.3, 0.4) is 0 Å². The number of rotatable bonds is 2. The van der Waals surface area contributed by atoms with Crippen LogP contribution in [-0.2, 0) is 6.54 Å². The Hall–Kier alpha value is -0.840. The molecule has 2 N–H and O–H groups in total. The van der Waals surface area contributed by atoms with E-state index in [-0.39, 0.29) is 12.4 Å². The molecule has 0 aromatic carbocycles. The minimum absolute atomic E-state index is 0. The molecule has 0 radical (unpaired) electrons. The van der Waals surface area contributed by atoms with Crippen molar-refractivity contribution in [3.8, 4) is 10.6 Å². The number of aromatic nitrogens is 1. The first-order valence-corrected chi connectivity index (χ1v) is 4.47.